The van der Waals surface area contributed by atoms with E-state index in [1.807, 2.05) is 24.3 Å². The molecule has 8 heteroatoms. The highest BCUT2D eigenvalue weighted by molar-refractivity contribution is 6.42. The van der Waals surface area contributed by atoms with Gasteiger partial charge in [0.15, 0.2) is 0 Å². The first-order chi connectivity index (χ1) is 12.6. The number of carbonyl (C=O) groups excluding carboxylic acids is 1. The molecule has 0 aliphatic carbocycles. The number of methoxy groups -OCH3 is 1. The van der Waals surface area contributed by atoms with Crippen molar-refractivity contribution in [2.75, 3.05) is 13.7 Å². The molecule has 1 N–H and O–H groups in total. The Morgan fingerprint density at radius 3 is 2.62 bits per heavy atom. The molecule has 0 unspecified atom stereocenters. The third-order valence-corrected chi connectivity index (χ3v) is 4.36. The van der Waals surface area contributed by atoms with Gasteiger partial charge in [0, 0.05) is 24.1 Å². The van der Waals surface area contributed by atoms with Gasteiger partial charge in [0.25, 0.3) is 5.91 Å². The van der Waals surface area contributed by atoms with Gasteiger partial charge in [0.05, 0.1) is 17.2 Å². The Kier molecular flexibility index (Phi) is 5.75. The Labute approximate surface area is 160 Å². The monoisotopic (exact) mass is 391 g/mol. The van der Waals surface area contributed by atoms with Gasteiger partial charge >= 0.3 is 0 Å². The van der Waals surface area contributed by atoms with E-state index in [0.29, 0.717) is 40.3 Å². The molecule has 3 rings (SSSR count). The lowest BCUT2D eigenvalue weighted by molar-refractivity contribution is 0.0953. The number of hydrogen-bond donors (Lipinski definition) is 1. The number of rotatable bonds is 6. The Hall–Kier alpha value is -2.57. The summed E-state index contributed by atoms with van der Waals surface area (Å²) in [6.45, 7) is 0.351. The molecule has 1 aromatic heterocycles. The van der Waals surface area contributed by atoms with Crippen molar-refractivity contribution in [2.45, 2.75) is 6.42 Å². The smallest absolute Gasteiger partial charge is 0.251 e. The standard InChI is InChI=1S/C18H15Cl2N3O3/c1-25-13-5-2-11(3-6-13)17-22-16(26-23-17)8-9-21-18(24)12-4-7-14(19)15(20)10-12/h2-7,10H,8-9H2,1H3,(H,21,24). The number of amides is 1. The normalized spacial score (nSPS) is 10.6. The van der Waals surface area contributed by atoms with Gasteiger partial charge in [-0.25, -0.2) is 0 Å². The second kappa shape index (κ2) is 8.21. The lowest BCUT2D eigenvalue weighted by atomic mass is 10.2. The molecule has 0 atom stereocenters. The van der Waals surface area contributed by atoms with Crippen molar-refractivity contribution < 1.29 is 14.1 Å². The van der Waals surface area contributed by atoms with Crippen LogP contribution in [-0.4, -0.2) is 29.7 Å². The van der Waals surface area contributed by atoms with Crippen LogP contribution in [0.5, 0.6) is 5.75 Å². The summed E-state index contributed by atoms with van der Waals surface area (Å²) in [5.41, 5.74) is 1.25. The minimum absolute atomic E-state index is 0.251. The van der Waals surface area contributed by atoms with Crippen LogP contribution >= 0.6 is 23.2 Å². The summed E-state index contributed by atoms with van der Waals surface area (Å²) < 4.78 is 10.3. The summed E-state index contributed by atoms with van der Waals surface area (Å²) in [5.74, 6) is 1.42. The van der Waals surface area contributed by atoms with Gasteiger partial charge in [-0.05, 0) is 42.5 Å². The molecule has 0 aliphatic rings. The van der Waals surface area contributed by atoms with Crippen molar-refractivity contribution in [3.05, 3.63) is 64.0 Å². The third kappa shape index (κ3) is 4.33. The van der Waals surface area contributed by atoms with Crippen LogP contribution in [0.4, 0.5) is 0 Å². The number of hydrogen-bond acceptors (Lipinski definition) is 5. The zero-order valence-corrected chi connectivity index (χ0v) is 15.3. The molecule has 0 radical (unpaired) electrons. The highest BCUT2D eigenvalue weighted by Gasteiger charge is 2.11. The van der Waals surface area contributed by atoms with Crippen molar-refractivity contribution in [1.29, 1.82) is 0 Å². The molecule has 0 saturated carbocycles. The Morgan fingerprint density at radius 2 is 1.92 bits per heavy atom. The average molecular weight is 392 g/mol. The first-order valence-electron chi connectivity index (χ1n) is 7.77. The van der Waals surface area contributed by atoms with E-state index >= 15 is 0 Å². The molecular weight excluding hydrogens is 377 g/mol. The highest BCUT2D eigenvalue weighted by atomic mass is 35.5. The topological polar surface area (TPSA) is 77.3 Å². The van der Waals surface area contributed by atoms with Gasteiger partial charge in [-0.15, -0.1) is 0 Å². The minimum atomic E-state index is -0.251. The fraction of sp³-hybridized carbons (Fsp3) is 0.167. The molecule has 0 bridgehead atoms. The van der Waals surface area contributed by atoms with Crippen molar-refractivity contribution >= 4 is 29.1 Å². The molecule has 0 aliphatic heterocycles. The Balaban J connectivity index is 1.56. The summed E-state index contributed by atoms with van der Waals surface area (Å²) in [6.07, 6.45) is 0.413. The van der Waals surface area contributed by atoms with Crippen molar-refractivity contribution in [3.8, 4) is 17.1 Å². The van der Waals surface area contributed by atoms with E-state index in [1.165, 1.54) is 6.07 Å². The SMILES string of the molecule is COc1ccc(-c2noc(CCNC(=O)c3ccc(Cl)c(Cl)c3)n2)cc1. The number of aromatic nitrogens is 2. The van der Waals surface area contributed by atoms with Crippen LogP contribution in [0.15, 0.2) is 47.0 Å². The van der Waals surface area contributed by atoms with Crippen molar-refractivity contribution in [3.63, 3.8) is 0 Å². The highest BCUT2D eigenvalue weighted by Crippen LogP contribution is 2.22. The van der Waals surface area contributed by atoms with Gasteiger partial charge in [-0.3, -0.25) is 4.79 Å². The van der Waals surface area contributed by atoms with Gasteiger partial charge in [-0.1, -0.05) is 28.4 Å². The average Bonchev–Trinajstić information content (AvgIpc) is 3.13. The zero-order valence-electron chi connectivity index (χ0n) is 13.8. The number of nitrogens with zero attached hydrogens (tertiary/aromatic N) is 2. The minimum Gasteiger partial charge on any atom is -0.497 e. The van der Waals surface area contributed by atoms with Crippen molar-refractivity contribution in [1.82, 2.24) is 15.5 Å². The molecular formula is C18H15Cl2N3O3. The largest absolute Gasteiger partial charge is 0.497 e. The van der Waals surface area contributed by atoms with Crippen LogP contribution < -0.4 is 10.1 Å². The number of benzene rings is 2. The Morgan fingerprint density at radius 1 is 1.15 bits per heavy atom. The van der Waals surface area contributed by atoms with Crippen LogP contribution in [0.25, 0.3) is 11.4 Å². The lowest BCUT2D eigenvalue weighted by Gasteiger charge is -2.04. The second-order valence-electron chi connectivity index (χ2n) is 5.38. The van der Waals surface area contributed by atoms with Crippen LogP contribution in [0.1, 0.15) is 16.2 Å². The van der Waals surface area contributed by atoms with E-state index in [4.69, 9.17) is 32.5 Å². The molecule has 26 heavy (non-hydrogen) atoms. The molecule has 0 saturated heterocycles. The quantitative estimate of drug-likeness (QED) is 0.686. The van der Waals surface area contributed by atoms with Crippen LogP contribution in [0.2, 0.25) is 10.0 Å². The fourth-order valence-corrected chi connectivity index (χ4v) is 2.53. The maximum atomic E-state index is 12.1. The first-order valence-corrected chi connectivity index (χ1v) is 8.52. The molecule has 134 valence electrons. The predicted octanol–water partition coefficient (Wildman–Crippen LogP) is 4.02. The van der Waals surface area contributed by atoms with Crippen LogP contribution in [0, 0.1) is 0 Å². The van der Waals surface area contributed by atoms with E-state index in [-0.39, 0.29) is 5.91 Å². The van der Waals surface area contributed by atoms with E-state index in [1.54, 1.807) is 19.2 Å². The number of nitrogens with one attached hydrogen (secondary N) is 1. The van der Waals surface area contributed by atoms with E-state index in [0.717, 1.165) is 11.3 Å². The van der Waals surface area contributed by atoms with Crippen LogP contribution in [-0.2, 0) is 6.42 Å². The van der Waals surface area contributed by atoms with Crippen LogP contribution in [0.3, 0.4) is 0 Å². The summed E-state index contributed by atoms with van der Waals surface area (Å²) in [7, 11) is 1.60. The predicted molar refractivity (Wildman–Crippen MR) is 98.8 cm³/mol. The van der Waals surface area contributed by atoms with E-state index in [2.05, 4.69) is 15.5 Å². The molecule has 2 aromatic carbocycles. The van der Waals surface area contributed by atoms with E-state index in [9.17, 15) is 4.79 Å². The third-order valence-electron chi connectivity index (χ3n) is 3.62. The molecule has 1 amide bonds. The number of halogens is 2. The Bertz CT molecular complexity index is 910. The molecule has 1 heterocycles. The molecule has 6 nitrogen and oxygen atoms in total. The fourth-order valence-electron chi connectivity index (χ4n) is 2.24. The number of carbonyl (C=O) groups is 1. The maximum absolute atomic E-state index is 12.1. The van der Waals surface area contributed by atoms with Gasteiger partial charge < -0.3 is 14.6 Å². The second-order valence-corrected chi connectivity index (χ2v) is 6.19. The van der Waals surface area contributed by atoms with Gasteiger partial charge in [-0.2, -0.15) is 4.98 Å². The van der Waals surface area contributed by atoms with Gasteiger partial charge in [0.2, 0.25) is 11.7 Å². The maximum Gasteiger partial charge on any atom is 0.251 e. The van der Waals surface area contributed by atoms with E-state index < -0.39 is 0 Å². The summed E-state index contributed by atoms with van der Waals surface area (Å²) in [4.78, 5) is 16.4. The number of ether oxygens (including phenoxy) is 1. The summed E-state index contributed by atoms with van der Waals surface area (Å²) >= 11 is 11.8. The lowest BCUT2D eigenvalue weighted by Crippen LogP contribution is -2.25. The molecule has 0 fully saturated rings. The zero-order chi connectivity index (χ0) is 18.5. The molecule has 3 aromatic rings. The summed E-state index contributed by atoms with van der Waals surface area (Å²) in [5, 5.41) is 7.46. The molecule has 0 spiro atoms. The van der Waals surface area contributed by atoms with Crippen molar-refractivity contribution in [2.24, 2.45) is 0 Å². The van der Waals surface area contributed by atoms with Gasteiger partial charge in [0.1, 0.15) is 5.75 Å². The summed E-state index contributed by atoms with van der Waals surface area (Å²) in [6, 6.07) is 12.0. The first kappa shape index (κ1) is 18.2.